The van der Waals surface area contributed by atoms with Crippen molar-refractivity contribution in [1.82, 2.24) is 19.4 Å². The molecule has 0 bridgehead atoms. The van der Waals surface area contributed by atoms with Crippen molar-refractivity contribution in [3.8, 4) is 0 Å². The Labute approximate surface area is 148 Å². The van der Waals surface area contributed by atoms with Gasteiger partial charge in [-0.05, 0) is 12.0 Å². The summed E-state index contributed by atoms with van der Waals surface area (Å²) in [5, 5.41) is 0. The lowest BCUT2D eigenvalue weighted by Gasteiger charge is -2.27. The standard InChI is InChI=1S/C19H24N4O2/c1-3-4-10-21(2)18(24)16-14-22-11-12-23(19(25)17(22)20-16)13-15-8-6-5-7-9-15/h5-9,14H,3-4,10-13H2,1-2H3. The summed E-state index contributed by atoms with van der Waals surface area (Å²) in [6.07, 6.45) is 3.70. The minimum absolute atomic E-state index is 0.120. The Kier molecular flexibility index (Phi) is 5.16. The molecule has 1 aromatic heterocycles. The van der Waals surface area contributed by atoms with Crippen LogP contribution < -0.4 is 0 Å². The van der Waals surface area contributed by atoms with Gasteiger partial charge >= 0.3 is 0 Å². The second-order valence-electron chi connectivity index (χ2n) is 6.44. The molecule has 0 unspecified atom stereocenters. The molecule has 132 valence electrons. The smallest absolute Gasteiger partial charge is 0.290 e. The number of aromatic nitrogens is 2. The van der Waals surface area contributed by atoms with E-state index in [2.05, 4.69) is 11.9 Å². The topological polar surface area (TPSA) is 58.4 Å². The van der Waals surface area contributed by atoms with E-state index in [-0.39, 0.29) is 11.8 Å². The van der Waals surface area contributed by atoms with E-state index < -0.39 is 0 Å². The molecule has 0 N–H and O–H groups in total. The Balaban J connectivity index is 1.73. The van der Waals surface area contributed by atoms with Gasteiger partial charge in [-0.2, -0.15) is 0 Å². The van der Waals surface area contributed by atoms with E-state index in [4.69, 9.17) is 0 Å². The number of hydrogen-bond acceptors (Lipinski definition) is 3. The van der Waals surface area contributed by atoms with E-state index in [1.807, 2.05) is 30.3 Å². The molecule has 0 saturated carbocycles. The Morgan fingerprint density at radius 2 is 2.00 bits per heavy atom. The Morgan fingerprint density at radius 1 is 1.24 bits per heavy atom. The zero-order valence-corrected chi connectivity index (χ0v) is 14.8. The number of hydrogen-bond donors (Lipinski definition) is 0. The maximum Gasteiger partial charge on any atom is 0.290 e. The first-order valence-electron chi connectivity index (χ1n) is 8.76. The molecule has 0 atom stereocenters. The van der Waals surface area contributed by atoms with Gasteiger partial charge in [0.25, 0.3) is 11.8 Å². The van der Waals surface area contributed by atoms with Crippen LogP contribution in [0.15, 0.2) is 36.5 Å². The van der Waals surface area contributed by atoms with Crippen LogP contribution in [0, 0.1) is 0 Å². The highest BCUT2D eigenvalue weighted by molar-refractivity contribution is 5.96. The van der Waals surface area contributed by atoms with Gasteiger partial charge in [-0.3, -0.25) is 9.59 Å². The highest BCUT2D eigenvalue weighted by Crippen LogP contribution is 2.16. The molecular weight excluding hydrogens is 316 g/mol. The first-order chi connectivity index (χ1) is 12.1. The van der Waals surface area contributed by atoms with Crippen LogP contribution in [0.4, 0.5) is 0 Å². The van der Waals surface area contributed by atoms with E-state index in [1.165, 1.54) is 0 Å². The van der Waals surface area contributed by atoms with Crippen LogP contribution in [0.1, 0.15) is 46.4 Å². The van der Waals surface area contributed by atoms with Crippen LogP contribution in [0.2, 0.25) is 0 Å². The molecule has 0 fully saturated rings. The summed E-state index contributed by atoms with van der Waals surface area (Å²) in [6.45, 7) is 4.63. The minimum atomic E-state index is -0.127. The van der Waals surface area contributed by atoms with Gasteiger partial charge in [0.2, 0.25) is 0 Å². The number of fused-ring (bicyclic) bond motifs is 1. The summed E-state index contributed by atoms with van der Waals surface area (Å²) >= 11 is 0. The second kappa shape index (κ2) is 7.51. The lowest BCUT2D eigenvalue weighted by atomic mass is 10.2. The Morgan fingerprint density at radius 3 is 2.72 bits per heavy atom. The molecule has 0 radical (unpaired) electrons. The summed E-state index contributed by atoms with van der Waals surface area (Å²) in [7, 11) is 1.78. The number of imidazole rings is 1. The number of rotatable bonds is 6. The normalized spacial score (nSPS) is 13.7. The lowest BCUT2D eigenvalue weighted by molar-refractivity contribution is 0.0683. The summed E-state index contributed by atoms with van der Waals surface area (Å²) in [5.74, 6) is 0.109. The Hall–Kier alpha value is -2.63. The van der Waals surface area contributed by atoms with Gasteiger partial charge in [0.05, 0.1) is 0 Å². The fourth-order valence-electron chi connectivity index (χ4n) is 2.98. The summed E-state index contributed by atoms with van der Waals surface area (Å²) in [4.78, 5) is 33.0. The van der Waals surface area contributed by atoms with Crippen molar-refractivity contribution < 1.29 is 9.59 Å². The maximum absolute atomic E-state index is 12.7. The predicted molar refractivity (Wildman–Crippen MR) is 95.3 cm³/mol. The van der Waals surface area contributed by atoms with Crippen LogP contribution in [-0.4, -0.2) is 51.3 Å². The van der Waals surface area contributed by atoms with Gasteiger partial charge in [-0.1, -0.05) is 43.7 Å². The molecule has 2 amide bonds. The van der Waals surface area contributed by atoms with Gasteiger partial charge < -0.3 is 14.4 Å². The third-order valence-corrected chi connectivity index (χ3v) is 4.50. The minimum Gasteiger partial charge on any atom is -0.340 e. The van der Waals surface area contributed by atoms with Crippen LogP contribution in [-0.2, 0) is 13.1 Å². The molecule has 3 rings (SSSR count). The van der Waals surface area contributed by atoms with E-state index in [0.29, 0.717) is 37.7 Å². The van der Waals surface area contributed by atoms with Gasteiger partial charge in [-0.25, -0.2) is 4.98 Å². The fourth-order valence-corrected chi connectivity index (χ4v) is 2.98. The van der Waals surface area contributed by atoms with Crippen molar-refractivity contribution in [3.63, 3.8) is 0 Å². The molecule has 1 aliphatic heterocycles. The van der Waals surface area contributed by atoms with Crippen LogP contribution in [0.3, 0.4) is 0 Å². The molecule has 0 saturated heterocycles. The van der Waals surface area contributed by atoms with Crippen LogP contribution in [0.25, 0.3) is 0 Å². The van der Waals surface area contributed by atoms with Crippen molar-refractivity contribution in [2.75, 3.05) is 20.1 Å². The van der Waals surface area contributed by atoms with E-state index >= 15 is 0 Å². The molecule has 2 aromatic rings. The zero-order chi connectivity index (χ0) is 17.8. The van der Waals surface area contributed by atoms with Gasteiger partial charge in [0, 0.05) is 39.4 Å². The molecule has 25 heavy (non-hydrogen) atoms. The van der Waals surface area contributed by atoms with Crippen molar-refractivity contribution in [2.24, 2.45) is 0 Å². The summed E-state index contributed by atoms with van der Waals surface area (Å²) in [6, 6.07) is 9.90. The van der Waals surface area contributed by atoms with Crippen LogP contribution >= 0.6 is 0 Å². The van der Waals surface area contributed by atoms with Crippen molar-refractivity contribution in [2.45, 2.75) is 32.9 Å². The SMILES string of the molecule is CCCCN(C)C(=O)c1cn2c(n1)C(=O)N(Cc1ccccc1)CC2. The number of nitrogens with zero attached hydrogens (tertiary/aromatic N) is 4. The van der Waals surface area contributed by atoms with Crippen molar-refractivity contribution >= 4 is 11.8 Å². The van der Waals surface area contributed by atoms with Gasteiger partial charge in [0.1, 0.15) is 5.69 Å². The highest BCUT2D eigenvalue weighted by Gasteiger charge is 2.28. The van der Waals surface area contributed by atoms with Crippen LogP contribution in [0.5, 0.6) is 0 Å². The number of carbonyl (C=O) groups excluding carboxylic acids is 2. The number of carbonyl (C=O) groups is 2. The fraction of sp³-hybridized carbons (Fsp3) is 0.421. The zero-order valence-electron chi connectivity index (χ0n) is 14.8. The Bertz CT molecular complexity index is 754. The molecule has 1 aromatic carbocycles. The lowest BCUT2D eigenvalue weighted by Crippen LogP contribution is -2.39. The van der Waals surface area contributed by atoms with E-state index in [0.717, 1.165) is 18.4 Å². The van der Waals surface area contributed by atoms with Gasteiger partial charge in [0.15, 0.2) is 5.82 Å². The number of unbranched alkanes of at least 4 members (excludes halogenated alkanes) is 1. The van der Waals surface area contributed by atoms with E-state index in [9.17, 15) is 9.59 Å². The summed E-state index contributed by atoms with van der Waals surface area (Å²) in [5.41, 5.74) is 1.44. The maximum atomic E-state index is 12.7. The average molecular weight is 340 g/mol. The quantitative estimate of drug-likeness (QED) is 0.811. The molecule has 0 spiro atoms. The van der Waals surface area contributed by atoms with Crippen molar-refractivity contribution in [1.29, 1.82) is 0 Å². The molecule has 6 heteroatoms. The first-order valence-corrected chi connectivity index (χ1v) is 8.76. The average Bonchev–Trinajstić information content (AvgIpc) is 3.07. The monoisotopic (exact) mass is 340 g/mol. The van der Waals surface area contributed by atoms with E-state index in [1.54, 1.807) is 27.6 Å². The largest absolute Gasteiger partial charge is 0.340 e. The molecular formula is C19H24N4O2. The highest BCUT2D eigenvalue weighted by atomic mass is 16.2. The molecule has 6 nitrogen and oxygen atoms in total. The first kappa shape index (κ1) is 17.2. The third-order valence-electron chi connectivity index (χ3n) is 4.50. The third kappa shape index (κ3) is 3.73. The number of amides is 2. The molecule has 0 aliphatic carbocycles. The predicted octanol–water partition coefficient (Wildman–Crippen LogP) is 2.41. The van der Waals surface area contributed by atoms with Crippen molar-refractivity contribution in [3.05, 3.63) is 53.6 Å². The second-order valence-corrected chi connectivity index (χ2v) is 6.44. The van der Waals surface area contributed by atoms with Gasteiger partial charge in [-0.15, -0.1) is 0 Å². The molecule has 1 aliphatic rings. The molecule has 2 heterocycles. The summed E-state index contributed by atoms with van der Waals surface area (Å²) < 4.78 is 1.80. The number of benzene rings is 1.